The average molecular weight is 422 g/mol. The van der Waals surface area contributed by atoms with Gasteiger partial charge in [0.05, 0.1) is 11.5 Å². The minimum Gasteiger partial charge on any atom is -0.494 e. The van der Waals surface area contributed by atoms with Gasteiger partial charge in [-0.3, -0.25) is 4.79 Å². The summed E-state index contributed by atoms with van der Waals surface area (Å²) in [6.07, 6.45) is 2.90. The second-order valence-electron chi connectivity index (χ2n) is 7.54. The van der Waals surface area contributed by atoms with E-state index < -0.39 is 0 Å². The maximum atomic E-state index is 12.4. The Hall–Kier alpha value is -2.73. The third-order valence-electron chi connectivity index (χ3n) is 5.18. The number of carbonyl (C=O) groups is 1. The van der Waals surface area contributed by atoms with Crippen LogP contribution in [0.1, 0.15) is 24.5 Å². The number of thioether (sulfide) groups is 1. The fourth-order valence-corrected chi connectivity index (χ4v) is 4.51. The van der Waals surface area contributed by atoms with E-state index in [1.165, 1.54) is 23.0 Å². The maximum absolute atomic E-state index is 12.4. The predicted octanol–water partition coefficient (Wildman–Crippen LogP) is 4.58. The molecule has 1 amide bonds. The van der Waals surface area contributed by atoms with Crippen LogP contribution in [0.4, 0.5) is 5.69 Å². The van der Waals surface area contributed by atoms with Crippen molar-refractivity contribution in [2.75, 3.05) is 37.7 Å². The van der Waals surface area contributed by atoms with E-state index >= 15 is 0 Å². The number of piperazine rings is 1. The molecule has 0 aliphatic carbocycles. The molecule has 6 heteroatoms. The van der Waals surface area contributed by atoms with Crippen LogP contribution in [0.2, 0.25) is 0 Å². The summed E-state index contributed by atoms with van der Waals surface area (Å²) >= 11 is 1.48. The number of hydrogen-bond acceptors (Lipinski definition) is 5. The van der Waals surface area contributed by atoms with Gasteiger partial charge in [0.2, 0.25) is 0 Å². The first kappa shape index (κ1) is 20.5. The lowest BCUT2D eigenvalue weighted by Crippen LogP contribution is -2.47. The Morgan fingerprint density at radius 1 is 1.07 bits per heavy atom. The van der Waals surface area contributed by atoms with Gasteiger partial charge >= 0.3 is 0 Å². The van der Waals surface area contributed by atoms with E-state index in [4.69, 9.17) is 4.74 Å². The summed E-state index contributed by atoms with van der Waals surface area (Å²) < 4.78 is 5.62. The lowest BCUT2D eigenvalue weighted by atomic mass is 10.2. The van der Waals surface area contributed by atoms with Gasteiger partial charge in [0.25, 0.3) is 5.91 Å². The Kier molecular flexibility index (Phi) is 6.43. The normalized spacial score (nSPS) is 18.1. The van der Waals surface area contributed by atoms with Crippen LogP contribution in [-0.4, -0.2) is 48.8 Å². The lowest BCUT2D eigenvalue weighted by Gasteiger charge is -2.36. The number of benzene rings is 2. The third kappa shape index (κ3) is 4.87. The number of amidine groups is 1. The van der Waals surface area contributed by atoms with E-state index in [1.807, 2.05) is 30.3 Å². The SMILES string of the molecule is CCCOc1ccc(/C=C2\SC(N3CCN(c4cccc(C)c4)CC3)=NC2=O)cc1. The smallest absolute Gasteiger partial charge is 0.286 e. The van der Waals surface area contributed by atoms with Crippen molar-refractivity contribution in [3.05, 3.63) is 64.6 Å². The van der Waals surface area contributed by atoms with Gasteiger partial charge in [-0.2, -0.15) is 4.99 Å². The number of amides is 1. The molecule has 4 rings (SSSR count). The number of hydrogen-bond donors (Lipinski definition) is 0. The van der Waals surface area contributed by atoms with Crippen LogP contribution >= 0.6 is 11.8 Å². The van der Waals surface area contributed by atoms with Crippen molar-refractivity contribution in [1.29, 1.82) is 0 Å². The molecule has 2 aliphatic rings. The van der Waals surface area contributed by atoms with Crippen LogP contribution in [0.15, 0.2) is 58.4 Å². The average Bonchev–Trinajstić information content (AvgIpc) is 3.13. The van der Waals surface area contributed by atoms with Crippen LogP contribution in [-0.2, 0) is 4.79 Å². The standard InChI is InChI=1S/C24H27N3O2S/c1-3-15-29-21-9-7-19(8-10-21)17-22-23(28)25-24(30-22)27-13-11-26(12-14-27)20-6-4-5-18(2)16-20/h4-10,16-17H,3,11-15H2,1-2H3/b22-17-. The van der Waals surface area contributed by atoms with Crippen molar-refractivity contribution in [1.82, 2.24) is 4.90 Å². The summed E-state index contributed by atoms with van der Waals surface area (Å²) in [7, 11) is 0. The van der Waals surface area contributed by atoms with Gasteiger partial charge in [-0.05, 0) is 66.6 Å². The van der Waals surface area contributed by atoms with E-state index in [2.05, 4.69) is 52.9 Å². The molecular formula is C24H27N3O2S. The maximum Gasteiger partial charge on any atom is 0.286 e. The lowest BCUT2D eigenvalue weighted by molar-refractivity contribution is -0.113. The number of nitrogens with zero attached hydrogens (tertiary/aromatic N) is 3. The second-order valence-corrected chi connectivity index (χ2v) is 8.55. The number of anilines is 1. The summed E-state index contributed by atoms with van der Waals surface area (Å²) in [5.74, 6) is 0.704. The molecule has 0 bridgehead atoms. The highest BCUT2D eigenvalue weighted by molar-refractivity contribution is 8.18. The number of carbonyl (C=O) groups excluding carboxylic acids is 1. The summed E-state index contributed by atoms with van der Waals surface area (Å²) in [5, 5.41) is 0.818. The van der Waals surface area contributed by atoms with E-state index in [0.29, 0.717) is 11.5 Å². The first-order valence-electron chi connectivity index (χ1n) is 10.4. The molecule has 0 spiro atoms. The molecule has 0 saturated carbocycles. The van der Waals surface area contributed by atoms with Crippen molar-refractivity contribution >= 4 is 34.6 Å². The molecular weight excluding hydrogens is 394 g/mol. The summed E-state index contributed by atoms with van der Waals surface area (Å²) in [6, 6.07) is 16.4. The summed E-state index contributed by atoms with van der Waals surface area (Å²) in [4.78, 5) is 22.0. The predicted molar refractivity (Wildman–Crippen MR) is 125 cm³/mol. The van der Waals surface area contributed by atoms with Crippen LogP contribution in [0.3, 0.4) is 0 Å². The molecule has 5 nitrogen and oxygen atoms in total. The van der Waals surface area contributed by atoms with Crippen LogP contribution in [0.25, 0.3) is 6.08 Å². The Morgan fingerprint density at radius 3 is 2.50 bits per heavy atom. The van der Waals surface area contributed by atoms with Crippen molar-refractivity contribution < 1.29 is 9.53 Å². The van der Waals surface area contributed by atoms with Crippen molar-refractivity contribution in [3.63, 3.8) is 0 Å². The zero-order valence-electron chi connectivity index (χ0n) is 17.5. The minimum absolute atomic E-state index is 0.151. The third-order valence-corrected chi connectivity index (χ3v) is 6.22. The molecule has 2 heterocycles. The summed E-state index contributed by atoms with van der Waals surface area (Å²) in [6.45, 7) is 8.50. The molecule has 156 valence electrons. The first-order valence-corrected chi connectivity index (χ1v) is 11.3. The van der Waals surface area contributed by atoms with E-state index in [-0.39, 0.29) is 5.91 Å². The number of aryl methyl sites for hydroxylation is 1. The molecule has 0 unspecified atom stereocenters. The topological polar surface area (TPSA) is 45.1 Å². The van der Waals surface area contributed by atoms with Crippen molar-refractivity contribution in [2.45, 2.75) is 20.3 Å². The monoisotopic (exact) mass is 421 g/mol. The fraction of sp³-hybridized carbons (Fsp3) is 0.333. The molecule has 1 fully saturated rings. The molecule has 0 radical (unpaired) electrons. The summed E-state index contributed by atoms with van der Waals surface area (Å²) in [5.41, 5.74) is 3.52. The quantitative estimate of drug-likeness (QED) is 0.662. The molecule has 0 atom stereocenters. The Morgan fingerprint density at radius 2 is 1.80 bits per heavy atom. The molecule has 2 aromatic rings. The molecule has 2 aliphatic heterocycles. The van der Waals surface area contributed by atoms with Gasteiger partial charge in [-0.1, -0.05) is 31.2 Å². The minimum atomic E-state index is -0.151. The molecule has 1 saturated heterocycles. The van der Waals surface area contributed by atoms with E-state index in [1.54, 1.807) is 0 Å². The van der Waals surface area contributed by atoms with Gasteiger partial charge in [0.1, 0.15) is 5.75 Å². The van der Waals surface area contributed by atoms with Gasteiger partial charge < -0.3 is 14.5 Å². The van der Waals surface area contributed by atoms with Gasteiger partial charge in [0, 0.05) is 31.9 Å². The van der Waals surface area contributed by atoms with Crippen molar-refractivity contribution in [3.8, 4) is 5.75 Å². The number of rotatable bonds is 5. The molecule has 0 N–H and O–H groups in total. The highest BCUT2D eigenvalue weighted by Crippen LogP contribution is 2.31. The van der Waals surface area contributed by atoms with E-state index in [0.717, 1.165) is 49.1 Å². The Labute approximate surface area is 182 Å². The zero-order chi connectivity index (χ0) is 20.9. The van der Waals surface area contributed by atoms with Crippen molar-refractivity contribution in [2.24, 2.45) is 4.99 Å². The van der Waals surface area contributed by atoms with Gasteiger partial charge in [-0.15, -0.1) is 0 Å². The zero-order valence-corrected chi connectivity index (χ0v) is 18.3. The van der Waals surface area contributed by atoms with Gasteiger partial charge in [0.15, 0.2) is 5.17 Å². The van der Waals surface area contributed by atoms with Crippen LogP contribution < -0.4 is 9.64 Å². The Bertz CT molecular complexity index is 961. The number of ether oxygens (including phenoxy) is 1. The fourth-order valence-electron chi connectivity index (χ4n) is 3.55. The number of aliphatic imine (C=N–C) groups is 1. The van der Waals surface area contributed by atoms with Gasteiger partial charge in [-0.25, -0.2) is 0 Å². The second kappa shape index (κ2) is 9.39. The Balaban J connectivity index is 1.35. The highest BCUT2D eigenvalue weighted by atomic mass is 32.2. The van der Waals surface area contributed by atoms with E-state index in [9.17, 15) is 4.79 Å². The largest absolute Gasteiger partial charge is 0.494 e. The first-order chi connectivity index (χ1) is 14.6. The molecule has 30 heavy (non-hydrogen) atoms. The van der Waals surface area contributed by atoms with Crippen LogP contribution in [0, 0.1) is 6.92 Å². The molecule has 2 aromatic carbocycles. The molecule has 0 aromatic heterocycles. The van der Waals surface area contributed by atoms with Crippen LogP contribution in [0.5, 0.6) is 5.75 Å². The highest BCUT2D eigenvalue weighted by Gasteiger charge is 2.28.